The summed E-state index contributed by atoms with van der Waals surface area (Å²) in [6.07, 6.45) is -3.49. The number of benzene rings is 1. The molecule has 25 heavy (non-hydrogen) atoms. The zero-order chi connectivity index (χ0) is 18.1. The van der Waals surface area contributed by atoms with Gasteiger partial charge in [0.15, 0.2) is 0 Å². The van der Waals surface area contributed by atoms with Gasteiger partial charge in [-0.05, 0) is 18.2 Å². The lowest BCUT2D eigenvalue weighted by Crippen LogP contribution is -2.49. The van der Waals surface area contributed by atoms with Crippen LogP contribution in [0.2, 0.25) is 0 Å². The molecule has 2 aromatic rings. The number of hydrogen-bond acceptors (Lipinski definition) is 5. The molecule has 1 aromatic heterocycles. The highest BCUT2D eigenvalue weighted by atomic mass is 32.2. The minimum atomic E-state index is -4.55. The molecular formula is C15H15F3N4O2S. The molecule has 1 saturated heterocycles. The van der Waals surface area contributed by atoms with Crippen molar-refractivity contribution in [3.05, 3.63) is 48.3 Å². The van der Waals surface area contributed by atoms with E-state index >= 15 is 0 Å². The Bertz CT molecular complexity index is 835. The van der Waals surface area contributed by atoms with Crippen LogP contribution in [0.4, 0.5) is 19.1 Å². The van der Waals surface area contributed by atoms with Crippen LogP contribution >= 0.6 is 0 Å². The van der Waals surface area contributed by atoms with E-state index in [0.717, 1.165) is 12.3 Å². The van der Waals surface area contributed by atoms with Crippen molar-refractivity contribution < 1.29 is 21.6 Å². The molecule has 0 aliphatic carbocycles. The molecular weight excluding hydrogens is 357 g/mol. The summed E-state index contributed by atoms with van der Waals surface area (Å²) in [6.45, 7) is 0.731. The summed E-state index contributed by atoms with van der Waals surface area (Å²) in [4.78, 5) is 9.14. The number of aromatic nitrogens is 2. The van der Waals surface area contributed by atoms with Crippen molar-refractivity contribution in [1.29, 1.82) is 0 Å². The zero-order valence-corrected chi connectivity index (χ0v) is 13.8. The molecule has 0 saturated carbocycles. The molecule has 0 radical (unpaired) electrons. The molecule has 0 spiro atoms. The third-order valence-corrected chi connectivity index (χ3v) is 5.75. The van der Waals surface area contributed by atoms with Crippen LogP contribution in [-0.2, 0) is 16.2 Å². The van der Waals surface area contributed by atoms with E-state index in [1.54, 1.807) is 23.1 Å². The maximum Gasteiger partial charge on any atom is 0.433 e. The fourth-order valence-corrected chi connectivity index (χ4v) is 3.97. The Morgan fingerprint density at radius 1 is 0.960 bits per heavy atom. The highest BCUT2D eigenvalue weighted by Crippen LogP contribution is 2.28. The van der Waals surface area contributed by atoms with Gasteiger partial charge in [0.1, 0.15) is 5.69 Å². The lowest BCUT2D eigenvalue weighted by Gasteiger charge is -2.34. The number of piperazine rings is 1. The third kappa shape index (κ3) is 3.74. The zero-order valence-electron chi connectivity index (χ0n) is 13.0. The van der Waals surface area contributed by atoms with Gasteiger partial charge in [-0.25, -0.2) is 18.4 Å². The van der Waals surface area contributed by atoms with E-state index in [-0.39, 0.29) is 37.0 Å². The molecule has 6 nitrogen and oxygen atoms in total. The van der Waals surface area contributed by atoms with Gasteiger partial charge in [-0.15, -0.1) is 0 Å². The van der Waals surface area contributed by atoms with Gasteiger partial charge >= 0.3 is 6.18 Å². The van der Waals surface area contributed by atoms with E-state index in [2.05, 4.69) is 9.97 Å². The van der Waals surface area contributed by atoms with Crippen LogP contribution in [0.1, 0.15) is 5.69 Å². The molecule has 10 heteroatoms. The van der Waals surface area contributed by atoms with Crippen molar-refractivity contribution in [2.24, 2.45) is 0 Å². The van der Waals surface area contributed by atoms with Crippen LogP contribution < -0.4 is 4.90 Å². The molecule has 0 unspecified atom stereocenters. The van der Waals surface area contributed by atoms with Gasteiger partial charge in [-0.2, -0.15) is 17.5 Å². The van der Waals surface area contributed by atoms with Crippen molar-refractivity contribution in [3.8, 4) is 0 Å². The predicted octanol–water partition coefficient (Wildman–Crippen LogP) is 2.01. The smallest absolute Gasteiger partial charge is 0.338 e. The first-order chi connectivity index (χ1) is 11.8. The Morgan fingerprint density at radius 2 is 1.60 bits per heavy atom. The number of hydrogen-bond donors (Lipinski definition) is 0. The summed E-state index contributed by atoms with van der Waals surface area (Å²) in [5.41, 5.74) is -1.02. The van der Waals surface area contributed by atoms with Crippen molar-refractivity contribution in [2.75, 3.05) is 31.1 Å². The highest BCUT2D eigenvalue weighted by molar-refractivity contribution is 7.89. The average Bonchev–Trinajstić information content (AvgIpc) is 2.62. The number of halogens is 3. The maximum atomic E-state index is 12.7. The van der Waals surface area contributed by atoms with Gasteiger partial charge in [0, 0.05) is 32.4 Å². The molecule has 0 amide bonds. The highest BCUT2D eigenvalue weighted by Gasteiger charge is 2.34. The lowest BCUT2D eigenvalue weighted by molar-refractivity contribution is -0.141. The molecule has 2 heterocycles. The number of sulfonamides is 1. The number of anilines is 1. The van der Waals surface area contributed by atoms with E-state index in [9.17, 15) is 21.6 Å². The number of rotatable bonds is 3. The van der Waals surface area contributed by atoms with E-state index < -0.39 is 21.9 Å². The molecule has 3 rings (SSSR count). The molecule has 1 aliphatic heterocycles. The van der Waals surface area contributed by atoms with Crippen LogP contribution in [0.3, 0.4) is 0 Å². The Morgan fingerprint density at radius 3 is 2.20 bits per heavy atom. The Hall–Kier alpha value is -2.20. The minimum absolute atomic E-state index is 0.0495. The average molecular weight is 372 g/mol. The second-order valence-corrected chi connectivity index (χ2v) is 7.38. The number of alkyl halides is 3. The predicted molar refractivity (Wildman–Crippen MR) is 84.4 cm³/mol. The summed E-state index contributed by atoms with van der Waals surface area (Å²) in [5, 5.41) is 0. The van der Waals surface area contributed by atoms with E-state index in [1.807, 2.05) is 0 Å². The molecule has 1 fully saturated rings. The van der Waals surface area contributed by atoms with Crippen molar-refractivity contribution in [2.45, 2.75) is 11.1 Å². The van der Waals surface area contributed by atoms with Gasteiger partial charge in [0.05, 0.1) is 4.90 Å². The quantitative estimate of drug-likeness (QED) is 0.825. The summed E-state index contributed by atoms with van der Waals surface area (Å²) in [7, 11) is -3.61. The van der Waals surface area contributed by atoms with Crippen molar-refractivity contribution >= 4 is 16.0 Å². The SMILES string of the molecule is O=S(=O)(c1ccccc1)N1CCN(c2nccc(C(F)(F)F)n2)CC1. The van der Waals surface area contributed by atoms with Gasteiger partial charge < -0.3 is 4.90 Å². The topological polar surface area (TPSA) is 66.4 Å². The van der Waals surface area contributed by atoms with E-state index in [0.29, 0.717) is 0 Å². The van der Waals surface area contributed by atoms with Gasteiger partial charge in [-0.1, -0.05) is 18.2 Å². The second-order valence-electron chi connectivity index (χ2n) is 5.44. The number of nitrogens with zero attached hydrogens (tertiary/aromatic N) is 4. The fraction of sp³-hybridized carbons (Fsp3) is 0.333. The second kappa shape index (κ2) is 6.60. The normalized spacial score (nSPS) is 16.8. The third-order valence-electron chi connectivity index (χ3n) is 3.84. The van der Waals surface area contributed by atoms with Crippen LogP contribution in [0, 0.1) is 0 Å². The first kappa shape index (κ1) is 17.6. The summed E-state index contributed by atoms with van der Waals surface area (Å²) in [6, 6.07) is 8.83. The first-order valence-corrected chi connectivity index (χ1v) is 8.93. The standard InChI is InChI=1S/C15H15F3N4O2S/c16-15(17,18)13-6-7-19-14(20-13)21-8-10-22(11-9-21)25(23,24)12-4-2-1-3-5-12/h1-7H,8-11H2. The summed E-state index contributed by atoms with van der Waals surface area (Å²) < 4.78 is 64.6. The van der Waals surface area contributed by atoms with Gasteiger partial charge in [0.25, 0.3) is 0 Å². The lowest BCUT2D eigenvalue weighted by atomic mass is 10.3. The molecule has 1 aliphatic rings. The van der Waals surface area contributed by atoms with Crippen LogP contribution in [0.5, 0.6) is 0 Å². The van der Waals surface area contributed by atoms with Crippen LogP contribution in [-0.4, -0.2) is 48.9 Å². The molecule has 1 aromatic carbocycles. The summed E-state index contributed by atoms with van der Waals surface area (Å²) >= 11 is 0. The Labute approximate surface area is 143 Å². The van der Waals surface area contributed by atoms with Crippen molar-refractivity contribution in [3.63, 3.8) is 0 Å². The minimum Gasteiger partial charge on any atom is -0.338 e. The van der Waals surface area contributed by atoms with E-state index in [1.165, 1.54) is 16.4 Å². The Kier molecular flexibility index (Phi) is 4.65. The largest absolute Gasteiger partial charge is 0.433 e. The fourth-order valence-electron chi connectivity index (χ4n) is 2.53. The first-order valence-electron chi connectivity index (χ1n) is 7.49. The van der Waals surface area contributed by atoms with Crippen LogP contribution in [0.15, 0.2) is 47.5 Å². The van der Waals surface area contributed by atoms with Crippen molar-refractivity contribution in [1.82, 2.24) is 14.3 Å². The van der Waals surface area contributed by atoms with Crippen LogP contribution in [0.25, 0.3) is 0 Å². The molecule has 0 N–H and O–H groups in total. The van der Waals surface area contributed by atoms with Gasteiger partial charge in [-0.3, -0.25) is 0 Å². The summed E-state index contributed by atoms with van der Waals surface area (Å²) in [5.74, 6) is -0.0495. The molecule has 0 atom stereocenters. The van der Waals surface area contributed by atoms with Gasteiger partial charge in [0.2, 0.25) is 16.0 Å². The molecule has 0 bridgehead atoms. The Balaban J connectivity index is 1.72. The maximum absolute atomic E-state index is 12.7. The van der Waals surface area contributed by atoms with E-state index in [4.69, 9.17) is 0 Å². The molecule has 134 valence electrons. The monoisotopic (exact) mass is 372 g/mol.